The minimum atomic E-state index is -0.174. The molecule has 2 bridgehead atoms. The van der Waals surface area contributed by atoms with Crippen LogP contribution < -0.4 is 10.6 Å². The van der Waals surface area contributed by atoms with Crippen LogP contribution in [0.5, 0.6) is 0 Å². The van der Waals surface area contributed by atoms with E-state index < -0.39 is 0 Å². The minimum absolute atomic E-state index is 0.0868. The van der Waals surface area contributed by atoms with E-state index in [0.29, 0.717) is 45.4 Å². The number of urea groups is 1. The molecule has 38 heavy (non-hydrogen) atoms. The molecule has 0 spiro atoms. The van der Waals surface area contributed by atoms with E-state index in [4.69, 9.17) is 26.0 Å². The maximum Gasteiger partial charge on any atom is 0.317 e. The van der Waals surface area contributed by atoms with Crippen LogP contribution in [0.2, 0.25) is 5.02 Å². The summed E-state index contributed by atoms with van der Waals surface area (Å²) in [5.41, 5.74) is 1.68. The maximum atomic E-state index is 13.0. The Bertz CT molecular complexity index is 1470. The molecule has 4 aliphatic rings. The van der Waals surface area contributed by atoms with Crippen LogP contribution in [0.4, 0.5) is 10.6 Å². The molecule has 4 aromatic heterocycles. The number of nitrogens with zero attached hydrogens (tertiary/aromatic N) is 5. The van der Waals surface area contributed by atoms with Crippen LogP contribution in [0, 0.1) is 5.92 Å². The number of halogens is 1. The molecule has 2 amide bonds. The van der Waals surface area contributed by atoms with Crippen LogP contribution in [0.15, 0.2) is 41.1 Å². The minimum Gasteiger partial charge on any atom is -0.463 e. The lowest BCUT2D eigenvalue weighted by molar-refractivity contribution is 0.0922. The summed E-state index contributed by atoms with van der Waals surface area (Å²) in [7, 11) is 0. The number of likely N-dealkylation sites (tertiary alicyclic amines) is 1. The Kier molecular flexibility index (Phi) is 5.72. The van der Waals surface area contributed by atoms with Gasteiger partial charge >= 0.3 is 6.03 Å². The van der Waals surface area contributed by atoms with Crippen LogP contribution in [0.3, 0.4) is 0 Å². The summed E-state index contributed by atoms with van der Waals surface area (Å²) in [4.78, 5) is 28.9. The zero-order valence-electron chi connectivity index (χ0n) is 20.9. The molecule has 3 N–H and O–H groups in total. The van der Waals surface area contributed by atoms with E-state index in [0.717, 1.165) is 63.4 Å². The van der Waals surface area contributed by atoms with Crippen molar-refractivity contribution in [3.8, 4) is 23.0 Å². The van der Waals surface area contributed by atoms with E-state index in [1.807, 2.05) is 29.2 Å². The highest BCUT2D eigenvalue weighted by Gasteiger charge is 2.47. The first kappa shape index (κ1) is 23.5. The summed E-state index contributed by atoms with van der Waals surface area (Å²) in [5.74, 6) is 2.33. The molecule has 1 saturated heterocycles. The number of aromatic amines is 1. The third-order valence-electron chi connectivity index (χ3n) is 8.36. The van der Waals surface area contributed by atoms with Crippen molar-refractivity contribution in [1.82, 2.24) is 35.4 Å². The molecule has 4 fully saturated rings. The second-order valence-electron chi connectivity index (χ2n) is 10.8. The normalized spacial score (nSPS) is 24.7. The zero-order chi connectivity index (χ0) is 25.7. The van der Waals surface area contributed by atoms with Gasteiger partial charge in [0.15, 0.2) is 17.2 Å². The summed E-state index contributed by atoms with van der Waals surface area (Å²) in [6.45, 7) is 1.71. The van der Waals surface area contributed by atoms with Gasteiger partial charge in [0.25, 0.3) is 0 Å². The number of amides is 2. The van der Waals surface area contributed by atoms with Gasteiger partial charge in [0.05, 0.1) is 16.7 Å². The van der Waals surface area contributed by atoms with Crippen molar-refractivity contribution in [3.05, 3.63) is 41.7 Å². The van der Waals surface area contributed by atoms with Gasteiger partial charge in [0.1, 0.15) is 17.2 Å². The molecule has 1 aliphatic heterocycles. The first-order valence-electron chi connectivity index (χ1n) is 13.3. The lowest BCUT2D eigenvalue weighted by atomic mass is 9.63. The molecule has 0 radical (unpaired) electrons. The largest absolute Gasteiger partial charge is 0.463 e. The Labute approximate surface area is 224 Å². The molecule has 4 aromatic rings. The number of pyridine rings is 1. The number of fused-ring (bicyclic) bond motifs is 4. The first-order valence-corrected chi connectivity index (χ1v) is 13.7. The Morgan fingerprint density at radius 3 is 2.82 bits per heavy atom. The number of rotatable bonds is 5. The second kappa shape index (κ2) is 9.27. The molecule has 0 aromatic carbocycles. The van der Waals surface area contributed by atoms with E-state index in [1.54, 1.807) is 12.5 Å². The number of carbonyl (C=O) groups excluding carboxylic acids is 1. The summed E-state index contributed by atoms with van der Waals surface area (Å²) >= 11 is 6.23. The average molecular weight is 533 g/mol. The molecule has 8 rings (SSSR count). The van der Waals surface area contributed by atoms with Crippen molar-refractivity contribution in [2.45, 2.75) is 56.5 Å². The number of hydrogen-bond acceptors (Lipinski definition) is 7. The molecule has 1 atom stereocenters. The molecular formula is C27H29ClN8O2. The van der Waals surface area contributed by atoms with Crippen molar-refractivity contribution in [2.24, 2.45) is 5.92 Å². The van der Waals surface area contributed by atoms with Crippen LogP contribution >= 0.6 is 11.6 Å². The van der Waals surface area contributed by atoms with Crippen molar-refractivity contribution >= 4 is 34.5 Å². The smallest absolute Gasteiger partial charge is 0.317 e. The number of furan rings is 1. The summed E-state index contributed by atoms with van der Waals surface area (Å²) in [6.07, 6.45) is 10.5. The van der Waals surface area contributed by atoms with Crippen LogP contribution in [0.25, 0.3) is 34.0 Å². The van der Waals surface area contributed by atoms with Crippen LogP contribution in [-0.4, -0.2) is 60.8 Å². The molecule has 0 unspecified atom stereocenters. The molecule has 196 valence electrons. The fourth-order valence-electron chi connectivity index (χ4n) is 6.37. The third-order valence-corrected chi connectivity index (χ3v) is 8.57. The van der Waals surface area contributed by atoms with E-state index in [9.17, 15) is 4.79 Å². The second-order valence-corrected chi connectivity index (χ2v) is 11.2. The highest BCUT2D eigenvalue weighted by molar-refractivity contribution is 6.31. The zero-order valence-corrected chi connectivity index (χ0v) is 21.7. The fraction of sp³-hybridized carbons (Fsp3) is 0.444. The lowest BCUT2D eigenvalue weighted by Gasteiger charge is -2.51. The number of anilines is 1. The predicted molar refractivity (Wildman–Crippen MR) is 144 cm³/mol. The van der Waals surface area contributed by atoms with Gasteiger partial charge < -0.3 is 20.0 Å². The van der Waals surface area contributed by atoms with E-state index in [1.165, 1.54) is 0 Å². The number of aromatic nitrogens is 5. The lowest BCUT2D eigenvalue weighted by Crippen LogP contribution is -2.61. The van der Waals surface area contributed by atoms with E-state index >= 15 is 0 Å². The van der Waals surface area contributed by atoms with Crippen LogP contribution in [0.1, 0.15) is 44.9 Å². The maximum absolute atomic E-state index is 13.0. The van der Waals surface area contributed by atoms with Gasteiger partial charge in [0.2, 0.25) is 0 Å². The van der Waals surface area contributed by atoms with Gasteiger partial charge in [0, 0.05) is 36.9 Å². The molecular weight excluding hydrogens is 504 g/mol. The van der Waals surface area contributed by atoms with Gasteiger partial charge in [-0.25, -0.2) is 19.7 Å². The highest BCUT2D eigenvalue weighted by Crippen LogP contribution is 2.45. The van der Waals surface area contributed by atoms with Crippen molar-refractivity contribution < 1.29 is 9.21 Å². The van der Waals surface area contributed by atoms with Gasteiger partial charge in [-0.2, -0.15) is 5.10 Å². The van der Waals surface area contributed by atoms with Crippen molar-refractivity contribution in [2.75, 3.05) is 18.4 Å². The fourth-order valence-corrected chi connectivity index (χ4v) is 6.53. The van der Waals surface area contributed by atoms with Crippen molar-refractivity contribution in [3.63, 3.8) is 0 Å². The molecule has 10 nitrogen and oxygen atoms in total. The quantitative estimate of drug-likeness (QED) is 0.320. The summed E-state index contributed by atoms with van der Waals surface area (Å²) in [6, 6.07) is 7.72. The Morgan fingerprint density at radius 2 is 2.03 bits per heavy atom. The number of H-pyrrole nitrogens is 1. The topological polar surface area (TPSA) is 125 Å². The van der Waals surface area contributed by atoms with E-state index in [-0.39, 0.29) is 17.6 Å². The SMILES string of the molecule is O=C(NC12CCC(CC1)[C@H](Nc1cc(-c3ccco3)nc(-c3n[nH]c4ncc(Cl)cc34)n1)C2)N1CCCC1. The van der Waals surface area contributed by atoms with Gasteiger partial charge in [-0.05, 0) is 69.1 Å². The van der Waals surface area contributed by atoms with Gasteiger partial charge in [-0.1, -0.05) is 11.6 Å². The third kappa shape index (κ3) is 4.26. The Balaban J connectivity index is 1.20. The molecule has 3 saturated carbocycles. The van der Waals surface area contributed by atoms with Gasteiger partial charge in [-0.3, -0.25) is 5.10 Å². The van der Waals surface area contributed by atoms with Gasteiger partial charge in [-0.15, -0.1) is 0 Å². The van der Waals surface area contributed by atoms with Crippen LogP contribution in [-0.2, 0) is 0 Å². The van der Waals surface area contributed by atoms with Crippen molar-refractivity contribution in [1.29, 1.82) is 0 Å². The number of carbonyl (C=O) groups is 1. The standard InChI is InChI=1S/C27H29ClN8O2/c28-17-12-18-23(34-35-24(18)29-15-17)25-31-19(21-4-3-11-38-21)13-22(32-25)30-20-14-27(7-5-16(20)6-8-27)33-26(37)36-9-1-2-10-36/h3-4,11-13,15-16,20H,1-2,5-10,14H2,(H,33,37)(H,29,34,35)(H,30,31,32)/t16?,20-,27?/m1/s1. The summed E-state index contributed by atoms with van der Waals surface area (Å²) in [5, 5.41) is 15.8. The van der Waals surface area contributed by atoms with E-state index in [2.05, 4.69) is 25.8 Å². The monoisotopic (exact) mass is 532 g/mol. The first-order chi connectivity index (χ1) is 18.6. The predicted octanol–water partition coefficient (Wildman–Crippen LogP) is 5.25. The number of hydrogen-bond donors (Lipinski definition) is 3. The molecule has 3 aliphatic carbocycles. The molecule has 11 heteroatoms. The Morgan fingerprint density at radius 1 is 1.18 bits per heavy atom. The Hall–Kier alpha value is -3.66. The highest BCUT2D eigenvalue weighted by atomic mass is 35.5. The number of nitrogens with one attached hydrogen (secondary N) is 3. The average Bonchev–Trinajstić information content (AvgIpc) is 3.71. The molecule has 5 heterocycles. The summed E-state index contributed by atoms with van der Waals surface area (Å²) < 4.78 is 5.67.